The lowest BCUT2D eigenvalue weighted by atomic mass is 10.00. The van der Waals surface area contributed by atoms with E-state index >= 15 is 0 Å². The number of nitrogens with one attached hydrogen (secondary N) is 3. The normalized spacial score (nSPS) is 12.8. The number of carbonyl (C=O) groups excluding carboxylic acids is 2. The third-order valence-electron chi connectivity index (χ3n) is 5.82. The number of aliphatic hydroxyl groups excluding tert-OH is 1. The number of aryl methyl sites for hydroxylation is 1. The lowest BCUT2D eigenvalue weighted by Crippen LogP contribution is -2.51. The van der Waals surface area contributed by atoms with Gasteiger partial charge in [-0.1, -0.05) is 54.6 Å². The molecule has 2 amide bonds. The summed E-state index contributed by atoms with van der Waals surface area (Å²) in [7, 11) is 0. The largest absolute Gasteiger partial charge is 0.383 e. The van der Waals surface area contributed by atoms with Crippen molar-refractivity contribution in [1.82, 2.24) is 20.6 Å². The van der Waals surface area contributed by atoms with Crippen molar-refractivity contribution >= 4 is 22.8 Å². The molecule has 0 aliphatic carbocycles. The molecule has 2 aromatic carbocycles. The Bertz CT molecular complexity index is 1270. The van der Waals surface area contributed by atoms with E-state index in [0.717, 1.165) is 33.3 Å². The first kappa shape index (κ1) is 23.2. The fourth-order valence-electron chi connectivity index (χ4n) is 3.86. The molecule has 7 nitrogen and oxygen atoms in total. The fraction of sp³-hybridized carbons (Fsp3) is 0.222. The minimum absolute atomic E-state index is 0.174. The van der Waals surface area contributed by atoms with Gasteiger partial charge in [0.05, 0.1) is 0 Å². The third-order valence-corrected chi connectivity index (χ3v) is 5.82. The quantitative estimate of drug-likeness (QED) is 0.311. The van der Waals surface area contributed by atoms with Crippen LogP contribution < -0.4 is 10.6 Å². The second kappa shape index (κ2) is 10.8. The Hall–Kier alpha value is -3.97. The van der Waals surface area contributed by atoms with Crippen molar-refractivity contribution in [3.05, 3.63) is 101 Å². The predicted octanol–water partition coefficient (Wildman–Crippen LogP) is 2.82. The summed E-state index contributed by atoms with van der Waals surface area (Å²) in [6.45, 7) is 2.24. The highest BCUT2D eigenvalue weighted by molar-refractivity contribution is 5.89. The number of amides is 2. The van der Waals surface area contributed by atoms with Gasteiger partial charge < -0.3 is 20.7 Å². The molecule has 7 heteroatoms. The highest BCUT2D eigenvalue weighted by Gasteiger charge is 2.25. The molecule has 34 heavy (non-hydrogen) atoms. The average Bonchev–Trinajstić information content (AvgIpc) is 3.32. The number of aromatic amines is 1. The molecule has 0 aliphatic rings. The Labute approximate surface area is 198 Å². The zero-order valence-electron chi connectivity index (χ0n) is 19.0. The Balaban J connectivity index is 1.45. The maximum absolute atomic E-state index is 13.1. The number of pyridine rings is 1. The van der Waals surface area contributed by atoms with Crippen LogP contribution in [0.2, 0.25) is 0 Å². The van der Waals surface area contributed by atoms with Crippen molar-refractivity contribution < 1.29 is 14.7 Å². The van der Waals surface area contributed by atoms with Crippen molar-refractivity contribution in [1.29, 1.82) is 0 Å². The maximum Gasteiger partial charge on any atom is 0.249 e. The molecule has 1 unspecified atom stereocenters. The first-order chi connectivity index (χ1) is 16.5. The average molecular weight is 457 g/mol. The molecule has 174 valence electrons. The molecule has 0 saturated carbocycles. The van der Waals surface area contributed by atoms with Gasteiger partial charge in [0.2, 0.25) is 11.8 Å². The number of nitrogens with zero attached hydrogens (tertiary/aromatic N) is 1. The number of hydrogen-bond acceptors (Lipinski definition) is 4. The monoisotopic (exact) mass is 456 g/mol. The van der Waals surface area contributed by atoms with Gasteiger partial charge in [-0.15, -0.1) is 0 Å². The molecule has 4 N–H and O–H groups in total. The van der Waals surface area contributed by atoms with E-state index in [1.807, 2.05) is 79.9 Å². The Kier molecular flexibility index (Phi) is 7.34. The van der Waals surface area contributed by atoms with Gasteiger partial charge >= 0.3 is 0 Å². The Morgan fingerprint density at radius 1 is 0.971 bits per heavy atom. The van der Waals surface area contributed by atoms with Crippen LogP contribution in [0, 0.1) is 6.92 Å². The minimum atomic E-state index is -1.25. The van der Waals surface area contributed by atoms with Crippen LogP contribution in [0.15, 0.2) is 79.1 Å². The van der Waals surface area contributed by atoms with Gasteiger partial charge in [0.1, 0.15) is 17.8 Å². The van der Waals surface area contributed by atoms with Gasteiger partial charge in [0, 0.05) is 37.2 Å². The van der Waals surface area contributed by atoms with E-state index < -0.39 is 18.1 Å². The standard InChI is InChI=1S/C27H28N4O3/c1-18-7-5-6-10-21(18)15-23(31-27(34)24(32)14-19-8-3-2-4-9-19)26(33)30-17-20-13-22-11-12-28-25(22)29-16-20/h2-13,16,23-24,32H,14-15,17H2,1H3,(H,28,29)(H,30,33)(H,31,34)/t23-,24?/m0/s1. The summed E-state index contributed by atoms with van der Waals surface area (Å²) in [5, 5.41) is 17.1. The molecule has 2 atom stereocenters. The molecule has 0 fully saturated rings. The van der Waals surface area contributed by atoms with E-state index in [1.165, 1.54) is 0 Å². The van der Waals surface area contributed by atoms with Gasteiger partial charge in [-0.25, -0.2) is 4.98 Å². The number of carbonyl (C=O) groups is 2. The van der Waals surface area contributed by atoms with Gasteiger partial charge in [0.15, 0.2) is 0 Å². The zero-order valence-corrected chi connectivity index (χ0v) is 19.0. The second-order valence-electron chi connectivity index (χ2n) is 8.37. The van der Waals surface area contributed by atoms with E-state index in [9.17, 15) is 14.7 Å². The van der Waals surface area contributed by atoms with Crippen molar-refractivity contribution in [2.24, 2.45) is 0 Å². The fourth-order valence-corrected chi connectivity index (χ4v) is 3.86. The molecule has 0 radical (unpaired) electrons. The summed E-state index contributed by atoms with van der Waals surface area (Å²) >= 11 is 0. The molecular weight excluding hydrogens is 428 g/mol. The Morgan fingerprint density at radius 2 is 1.74 bits per heavy atom. The van der Waals surface area contributed by atoms with Gasteiger partial charge in [-0.3, -0.25) is 9.59 Å². The van der Waals surface area contributed by atoms with Gasteiger partial charge in [-0.2, -0.15) is 0 Å². The smallest absolute Gasteiger partial charge is 0.249 e. The number of benzene rings is 2. The summed E-state index contributed by atoms with van der Waals surface area (Å²) in [6.07, 6.45) is 2.76. The van der Waals surface area contributed by atoms with E-state index in [1.54, 1.807) is 6.20 Å². The van der Waals surface area contributed by atoms with Gasteiger partial charge in [-0.05, 0) is 41.3 Å². The summed E-state index contributed by atoms with van der Waals surface area (Å²) in [6, 6.07) is 20.1. The number of H-pyrrole nitrogens is 1. The summed E-state index contributed by atoms with van der Waals surface area (Å²) in [4.78, 5) is 33.3. The van der Waals surface area contributed by atoms with Crippen LogP contribution in [0.1, 0.15) is 22.3 Å². The van der Waals surface area contributed by atoms with E-state index in [0.29, 0.717) is 6.42 Å². The van der Waals surface area contributed by atoms with Crippen LogP contribution in [-0.4, -0.2) is 39.0 Å². The molecule has 0 spiro atoms. The SMILES string of the molecule is Cc1ccccc1C[C@H](NC(=O)C(O)Cc1ccccc1)C(=O)NCc1cnc2[nH]ccc2c1. The zero-order chi connectivity index (χ0) is 23.9. The van der Waals surface area contributed by atoms with Crippen LogP contribution in [0.3, 0.4) is 0 Å². The Morgan fingerprint density at radius 3 is 2.53 bits per heavy atom. The van der Waals surface area contributed by atoms with Crippen LogP contribution in [0.5, 0.6) is 0 Å². The minimum Gasteiger partial charge on any atom is -0.383 e. The third kappa shape index (κ3) is 5.88. The summed E-state index contributed by atoms with van der Waals surface area (Å²) < 4.78 is 0. The molecular formula is C27H28N4O3. The lowest BCUT2D eigenvalue weighted by Gasteiger charge is -2.21. The summed E-state index contributed by atoms with van der Waals surface area (Å²) in [5.41, 5.74) is 4.47. The maximum atomic E-state index is 13.1. The van der Waals surface area contributed by atoms with Crippen LogP contribution in [0.25, 0.3) is 11.0 Å². The predicted molar refractivity (Wildman–Crippen MR) is 131 cm³/mol. The van der Waals surface area contributed by atoms with Crippen molar-refractivity contribution in [2.45, 2.75) is 38.5 Å². The van der Waals surface area contributed by atoms with E-state index in [4.69, 9.17) is 0 Å². The topological polar surface area (TPSA) is 107 Å². The number of aliphatic hydroxyl groups is 1. The molecule has 0 bridgehead atoms. The van der Waals surface area contributed by atoms with Crippen molar-refractivity contribution in [3.63, 3.8) is 0 Å². The van der Waals surface area contributed by atoms with Gasteiger partial charge in [0.25, 0.3) is 0 Å². The van der Waals surface area contributed by atoms with E-state index in [2.05, 4.69) is 20.6 Å². The lowest BCUT2D eigenvalue weighted by molar-refractivity contribution is -0.134. The second-order valence-corrected chi connectivity index (χ2v) is 8.37. The molecule has 0 aliphatic heterocycles. The number of hydrogen-bond donors (Lipinski definition) is 4. The van der Waals surface area contributed by atoms with Crippen LogP contribution in [0.4, 0.5) is 0 Å². The first-order valence-corrected chi connectivity index (χ1v) is 11.3. The summed E-state index contributed by atoms with van der Waals surface area (Å²) in [5.74, 6) is -0.898. The van der Waals surface area contributed by atoms with Crippen LogP contribution in [-0.2, 0) is 29.0 Å². The first-order valence-electron chi connectivity index (χ1n) is 11.3. The molecule has 2 heterocycles. The number of aromatic nitrogens is 2. The highest BCUT2D eigenvalue weighted by atomic mass is 16.3. The van der Waals surface area contributed by atoms with E-state index in [-0.39, 0.29) is 18.9 Å². The van der Waals surface area contributed by atoms with Crippen molar-refractivity contribution in [3.8, 4) is 0 Å². The van der Waals surface area contributed by atoms with Crippen molar-refractivity contribution in [2.75, 3.05) is 0 Å². The number of rotatable bonds is 9. The van der Waals surface area contributed by atoms with Crippen LogP contribution >= 0.6 is 0 Å². The molecule has 4 aromatic rings. The molecule has 0 saturated heterocycles. The molecule has 4 rings (SSSR count). The molecule has 2 aromatic heterocycles. The highest BCUT2D eigenvalue weighted by Crippen LogP contribution is 2.13. The number of fused-ring (bicyclic) bond motifs is 1.